The number of rotatable bonds is 4. The van der Waals surface area contributed by atoms with Gasteiger partial charge in [-0.05, 0) is 104 Å². The fourth-order valence-corrected chi connectivity index (χ4v) is 7.06. The fraction of sp³-hybridized carbons (Fsp3) is 0. The van der Waals surface area contributed by atoms with Gasteiger partial charge in [-0.3, -0.25) is 4.98 Å². The van der Waals surface area contributed by atoms with Crippen LogP contribution >= 0.6 is 0 Å². The van der Waals surface area contributed by atoms with Gasteiger partial charge in [0.15, 0.2) is 0 Å². The van der Waals surface area contributed by atoms with Crippen molar-refractivity contribution in [3.05, 3.63) is 169 Å². The van der Waals surface area contributed by atoms with Crippen molar-refractivity contribution < 1.29 is 0 Å². The SMILES string of the molecule is N#Cc1ccc(-c2ccc(-c3ccc(-c4ccc(-c5cc6cc7cc(C#N)ccc7nc6c6ncccc56)cc4)c4ccccc34)cc2)cc1. The van der Waals surface area contributed by atoms with Gasteiger partial charge in [-0.15, -0.1) is 0 Å². The number of hydrogen-bond acceptors (Lipinski definition) is 4. The molecular weight excluding hydrogens is 609 g/mol. The summed E-state index contributed by atoms with van der Waals surface area (Å²) >= 11 is 0. The molecule has 0 radical (unpaired) electrons. The molecule has 0 saturated heterocycles. The summed E-state index contributed by atoms with van der Waals surface area (Å²) in [5, 5.41) is 24.0. The minimum Gasteiger partial charge on any atom is -0.254 e. The van der Waals surface area contributed by atoms with Crippen LogP contribution in [0.3, 0.4) is 0 Å². The standard InChI is InChI=1S/C46H26N4/c47-27-29-7-10-31(11-8-29)32-12-14-33(15-13-32)38-20-21-39(41-5-2-1-4-40(38)41)34-16-18-35(19-17-34)43-26-37-25-36-24-30(28-48)9-22-44(36)50-45(37)46-42(43)6-3-23-49-46/h1-26H. The van der Waals surface area contributed by atoms with E-state index < -0.39 is 0 Å². The van der Waals surface area contributed by atoms with Crippen LogP contribution in [0.15, 0.2) is 158 Å². The highest BCUT2D eigenvalue weighted by atomic mass is 14.7. The van der Waals surface area contributed by atoms with Crippen LogP contribution in [0.1, 0.15) is 11.1 Å². The third kappa shape index (κ3) is 4.92. The largest absolute Gasteiger partial charge is 0.254 e. The number of hydrogen-bond donors (Lipinski definition) is 0. The Morgan fingerprint density at radius 2 is 0.940 bits per heavy atom. The molecule has 0 unspecified atom stereocenters. The molecule has 50 heavy (non-hydrogen) atoms. The summed E-state index contributed by atoms with van der Waals surface area (Å²) < 4.78 is 0. The van der Waals surface area contributed by atoms with E-state index in [2.05, 4.69) is 115 Å². The summed E-state index contributed by atoms with van der Waals surface area (Å²) in [7, 11) is 0. The van der Waals surface area contributed by atoms with Gasteiger partial charge in [0, 0.05) is 22.4 Å². The molecule has 9 rings (SSSR count). The Balaban J connectivity index is 1.10. The highest BCUT2D eigenvalue weighted by molar-refractivity contribution is 6.12. The van der Waals surface area contributed by atoms with Crippen molar-refractivity contribution in [3.63, 3.8) is 0 Å². The lowest BCUT2D eigenvalue weighted by Gasteiger charge is -2.14. The molecule has 0 spiro atoms. The Morgan fingerprint density at radius 1 is 0.400 bits per heavy atom. The molecule has 0 aliphatic rings. The second kappa shape index (κ2) is 11.8. The Bertz CT molecular complexity index is 2860. The molecule has 4 heteroatoms. The predicted octanol–water partition coefficient (Wildman–Crippen LogP) is 11.5. The van der Waals surface area contributed by atoms with Gasteiger partial charge in [-0.25, -0.2) is 4.98 Å². The van der Waals surface area contributed by atoms with Crippen LogP contribution in [0.2, 0.25) is 0 Å². The van der Waals surface area contributed by atoms with Crippen LogP contribution in [0.25, 0.3) is 88.0 Å². The van der Waals surface area contributed by atoms with E-state index in [0.29, 0.717) is 11.1 Å². The first-order valence-electron chi connectivity index (χ1n) is 16.4. The highest BCUT2D eigenvalue weighted by Gasteiger charge is 2.14. The second-order valence-electron chi connectivity index (χ2n) is 12.5. The first-order valence-corrected chi connectivity index (χ1v) is 16.4. The Kier molecular flexibility index (Phi) is 6.87. The lowest BCUT2D eigenvalue weighted by atomic mass is 9.90. The lowest BCUT2D eigenvalue weighted by Crippen LogP contribution is -1.91. The zero-order chi connectivity index (χ0) is 33.6. The third-order valence-electron chi connectivity index (χ3n) is 9.57. The van der Waals surface area contributed by atoms with Crippen LogP contribution < -0.4 is 0 Å². The molecule has 0 aliphatic carbocycles. The van der Waals surface area contributed by atoms with Crippen molar-refractivity contribution in [1.29, 1.82) is 10.5 Å². The molecule has 2 aromatic heterocycles. The maximum Gasteiger partial charge on any atom is 0.0991 e. The number of nitrogens with zero attached hydrogens (tertiary/aromatic N) is 4. The summed E-state index contributed by atoms with van der Waals surface area (Å²) in [6, 6.07) is 56.6. The summed E-state index contributed by atoms with van der Waals surface area (Å²) in [6.07, 6.45) is 1.82. The van der Waals surface area contributed by atoms with Gasteiger partial charge in [-0.1, -0.05) is 103 Å². The van der Waals surface area contributed by atoms with E-state index in [9.17, 15) is 5.26 Å². The minimum absolute atomic E-state index is 0.617. The van der Waals surface area contributed by atoms with Crippen LogP contribution in [-0.4, -0.2) is 9.97 Å². The maximum atomic E-state index is 9.44. The quantitative estimate of drug-likeness (QED) is 0.143. The molecule has 0 aliphatic heterocycles. The molecule has 0 atom stereocenters. The van der Waals surface area contributed by atoms with Crippen molar-refractivity contribution in [2.45, 2.75) is 0 Å². The van der Waals surface area contributed by atoms with Gasteiger partial charge in [-0.2, -0.15) is 10.5 Å². The van der Waals surface area contributed by atoms with Crippen molar-refractivity contribution in [1.82, 2.24) is 9.97 Å². The van der Waals surface area contributed by atoms with Crippen molar-refractivity contribution in [2.24, 2.45) is 0 Å². The number of nitriles is 2. The third-order valence-corrected chi connectivity index (χ3v) is 9.57. The molecule has 0 saturated carbocycles. The molecule has 2 heterocycles. The molecule has 4 nitrogen and oxygen atoms in total. The van der Waals surface area contributed by atoms with Gasteiger partial charge in [0.25, 0.3) is 0 Å². The zero-order valence-corrected chi connectivity index (χ0v) is 26.8. The molecular formula is C46H26N4. The lowest BCUT2D eigenvalue weighted by molar-refractivity contribution is 1.40. The van der Waals surface area contributed by atoms with Crippen molar-refractivity contribution in [3.8, 4) is 56.6 Å². The molecule has 7 aromatic carbocycles. The summed E-state index contributed by atoms with van der Waals surface area (Å²) in [5.74, 6) is 0. The summed E-state index contributed by atoms with van der Waals surface area (Å²) in [4.78, 5) is 9.74. The molecule has 230 valence electrons. The predicted molar refractivity (Wildman–Crippen MR) is 203 cm³/mol. The second-order valence-corrected chi connectivity index (χ2v) is 12.5. The van der Waals surface area contributed by atoms with Gasteiger partial charge in [0.2, 0.25) is 0 Å². The Labute approximate surface area is 288 Å². The molecule has 0 N–H and O–H groups in total. The van der Waals surface area contributed by atoms with E-state index in [1.165, 1.54) is 21.9 Å². The van der Waals surface area contributed by atoms with Crippen LogP contribution in [0, 0.1) is 22.7 Å². The monoisotopic (exact) mass is 634 g/mol. The van der Waals surface area contributed by atoms with Gasteiger partial charge in [0.05, 0.1) is 39.8 Å². The average molecular weight is 635 g/mol. The number of benzene rings is 7. The molecule has 9 aromatic rings. The minimum atomic E-state index is 0.617. The Morgan fingerprint density at radius 3 is 1.56 bits per heavy atom. The van der Waals surface area contributed by atoms with E-state index in [0.717, 1.165) is 66.1 Å². The van der Waals surface area contributed by atoms with E-state index in [4.69, 9.17) is 15.2 Å². The van der Waals surface area contributed by atoms with Gasteiger partial charge < -0.3 is 0 Å². The maximum absolute atomic E-state index is 9.44. The fourth-order valence-electron chi connectivity index (χ4n) is 7.06. The van der Waals surface area contributed by atoms with Crippen LogP contribution in [-0.2, 0) is 0 Å². The molecule has 0 fully saturated rings. The van der Waals surface area contributed by atoms with E-state index in [1.54, 1.807) is 6.07 Å². The van der Waals surface area contributed by atoms with Crippen LogP contribution in [0.4, 0.5) is 0 Å². The smallest absolute Gasteiger partial charge is 0.0991 e. The number of aromatic nitrogens is 2. The summed E-state index contributed by atoms with van der Waals surface area (Å²) in [5.41, 5.74) is 12.9. The molecule has 0 amide bonds. The Hall–Kier alpha value is -7.14. The molecule has 0 bridgehead atoms. The summed E-state index contributed by atoms with van der Waals surface area (Å²) in [6.45, 7) is 0. The average Bonchev–Trinajstić information content (AvgIpc) is 3.19. The zero-order valence-electron chi connectivity index (χ0n) is 26.8. The van der Waals surface area contributed by atoms with E-state index in [-0.39, 0.29) is 0 Å². The topological polar surface area (TPSA) is 73.4 Å². The normalized spacial score (nSPS) is 11.2. The van der Waals surface area contributed by atoms with Gasteiger partial charge >= 0.3 is 0 Å². The highest BCUT2D eigenvalue weighted by Crippen LogP contribution is 2.39. The van der Waals surface area contributed by atoms with E-state index >= 15 is 0 Å². The van der Waals surface area contributed by atoms with E-state index in [1.807, 2.05) is 48.7 Å². The van der Waals surface area contributed by atoms with Crippen LogP contribution in [0.5, 0.6) is 0 Å². The van der Waals surface area contributed by atoms with Crippen molar-refractivity contribution >= 4 is 43.5 Å². The number of fused-ring (bicyclic) bond motifs is 5. The first-order chi connectivity index (χ1) is 24.7. The van der Waals surface area contributed by atoms with Crippen molar-refractivity contribution in [2.75, 3.05) is 0 Å². The number of pyridine rings is 2. The van der Waals surface area contributed by atoms with Gasteiger partial charge in [0.1, 0.15) is 0 Å². The first kappa shape index (κ1) is 29.0.